The highest BCUT2D eigenvalue weighted by Crippen LogP contribution is 2.38. The van der Waals surface area contributed by atoms with Crippen molar-refractivity contribution in [2.45, 2.75) is 18.6 Å². The van der Waals surface area contributed by atoms with Gasteiger partial charge in [0, 0.05) is 50.7 Å². The van der Waals surface area contributed by atoms with Gasteiger partial charge in [0.05, 0.1) is 11.3 Å². The Kier molecular flexibility index (Phi) is 5.29. The highest BCUT2D eigenvalue weighted by Gasteiger charge is 2.36. The Bertz CT molecular complexity index is 1070. The molecular weight excluding hydrogens is 399 g/mol. The van der Waals surface area contributed by atoms with Crippen LogP contribution in [0.25, 0.3) is 22.4 Å². The van der Waals surface area contributed by atoms with Crippen LogP contribution in [0.5, 0.6) is 0 Å². The fourth-order valence-corrected chi connectivity index (χ4v) is 3.57. The summed E-state index contributed by atoms with van der Waals surface area (Å²) in [5.41, 5.74) is -0.584. The smallest absolute Gasteiger partial charge is 0.359 e. The first-order valence-electron chi connectivity index (χ1n) is 9.43. The summed E-state index contributed by atoms with van der Waals surface area (Å²) >= 11 is 0. The Hall–Kier alpha value is -3.21. The highest BCUT2D eigenvalue weighted by atomic mass is 19.4. The van der Waals surface area contributed by atoms with Gasteiger partial charge in [-0.1, -0.05) is 0 Å². The second-order valence-corrected chi connectivity index (χ2v) is 7.01. The molecule has 1 unspecified atom stereocenters. The number of aromatic amines is 1. The largest absolute Gasteiger partial charge is 0.418 e. The molecule has 11 heteroatoms. The summed E-state index contributed by atoms with van der Waals surface area (Å²) < 4.78 is 41.1. The van der Waals surface area contributed by atoms with E-state index >= 15 is 0 Å². The lowest BCUT2D eigenvalue weighted by Gasteiger charge is -2.34. The molecule has 4 rings (SSSR count). The monoisotopic (exact) mass is 419 g/mol. The molecule has 0 aromatic carbocycles. The standard InChI is InChI=1S/C19H20F3N7O/c1-23-15(30)9-11-10-29(8-7-24-11)14-5-4-13(19(20,21)22)17(26-14)16-12-3-2-6-25-18(12)28-27-16/h2-6,11,24H,7-10H2,1H3,(H,23,30)(H,25,27,28). The third-order valence-corrected chi connectivity index (χ3v) is 5.04. The van der Waals surface area contributed by atoms with Crippen molar-refractivity contribution in [1.29, 1.82) is 0 Å². The highest BCUT2D eigenvalue weighted by molar-refractivity contribution is 5.90. The van der Waals surface area contributed by atoms with Crippen LogP contribution in [0.4, 0.5) is 19.0 Å². The van der Waals surface area contributed by atoms with E-state index < -0.39 is 11.7 Å². The molecule has 158 valence electrons. The van der Waals surface area contributed by atoms with Crippen LogP contribution in [0.15, 0.2) is 30.5 Å². The third kappa shape index (κ3) is 3.92. The Labute approximate surface area is 169 Å². The number of carbonyl (C=O) groups is 1. The van der Waals surface area contributed by atoms with Crippen LogP contribution in [0.3, 0.4) is 0 Å². The summed E-state index contributed by atoms with van der Waals surface area (Å²) in [5.74, 6) is 0.305. The van der Waals surface area contributed by atoms with E-state index in [0.717, 1.165) is 6.07 Å². The van der Waals surface area contributed by atoms with E-state index in [4.69, 9.17) is 0 Å². The van der Waals surface area contributed by atoms with Crippen molar-refractivity contribution in [2.75, 3.05) is 31.6 Å². The number of amides is 1. The van der Waals surface area contributed by atoms with E-state index in [9.17, 15) is 18.0 Å². The summed E-state index contributed by atoms with van der Waals surface area (Å²) in [6.45, 7) is 1.61. The minimum absolute atomic E-state index is 0.105. The molecule has 4 heterocycles. The first kappa shape index (κ1) is 20.1. The molecule has 1 fully saturated rings. The van der Waals surface area contributed by atoms with Crippen LogP contribution >= 0.6 is 0 Å². The molecule has 8 nitrogen and oxygen atoms in total. The number of halogens is 3. The SMILES string of the molecule is CNC(=O)CC1CN(c2ccc(C(F)(F)F)c(-c3[nH]nc4ncccc34)n2)CCN1. The number of alkyl halides is 3. The number of fused-ring (bicyclic) bond motifs is 1. The van der Waals surface area contributed by atoms with Gasteiger partial charge >= 0.3 is 6.18 Å². The molecule has 1 atom stereocenters. The van der Waals surface area contributed by atoms with Gasteiger partial charge in [-0.05, 0) is 24.3 Å². The topological polar surface area (TPSA) is 98.8 Å². The van der Waals surface area contributed by atoms with Crippen LogP contribution in [0.1, 0.15) is 12.0 Å². The molecule has 0 saturated carbocycles. The minimum Gasteiger partial charge on any atom is -0.359 e. The van der Waals surface area contributed by atoms with Crippen LogP contribution in [0.2, 0.25) is 0 Å². The number of piperazine rings is 1. The third-order valence-electron chi connectivity index (χ3n) is 5.04. The van der Waals surface area contributed by atoms with E-state index in [-0.39, 0.29) is 29.8 Å². The van der Waals surface area contributed by atoms with Gasteiger partial charge < -0.3 is 15.5 Å². The number of hydrogen-bond acceptors (Lipinski definition) is 6. The number of nitrogens with zero attached hydrogens (tertiary/aromatic N) is 4. The summed E-state index contributed by atoms with van der Waals surface area (Å²) in [7, 11) is 1.57. The minimum atomic E-state index is -4.58. The number of H-pyrrole nitrogens is 1. The average Bonchev–Trinajstić information content (AvgIpc) is 3.17. The maximum absolute atomic E-state index is 13.7. The Morgan fingerprint density at radius 1 is 1.33 bits per heavy atom. The Morgan fingerprint density at radius 3 is 2.93 bits per heavy atom. The molecule has 3 aromatic heterocycles. The van der Waals surface area contributed by atoms with Crippen molar-refractivity contribution < 1.29 is 18.0 Å². The van der Waals surface area contributed by atoms with E-state index in [1.54, 1.807) is 19.2 Å². The molecule has 1 saturated heterocycles. The van der Waals surface area contributed by atoms with Gasteiger partial charge in [-0.2, -0.15) is 18.3 Å². The predicted octanol–water partition coefficient (Wildman–Crippen LogP) is 1.95. The van der Waals surface area contributed by atoms with Gasteiger partial charge in [-0.15, -0.1) is 0 Å². The van der Waals surface area contributed by atoms with Crippen molar-refractivity contribution in [1.82, 2.24) is 30.8 Å². The zero-order valence-corrected chi connectivity index (χ0v) is 16.1. The summed E-state index contributed by atoms with van der Waals surface area (Å²) in [4.78, 5) is 22.0. The summed E-state index contributed by atoms with van der Waals surface area (Å²) in [5, 5.41) is 13.0. The number of aromatic nitrogens is 4. The zero-order chi connectivity index (χ0) is 21.3. The fourth-order valence-electron chi connectivity index (χ4n) is 3.57. The molecule has 3 N–H and O–H groups in total. The molecule has 1 amide bonds. The Morgan fingerprint density at radius 2 is 2.17 bits per heavy atom. The van der Waals surface area contributed by atoms with Gasteiger partial charge in [0.25, 0.3) is 0 Å². The van der Waals surface area contributed by atoms with Crippen molar-refractivity contribution in [3.8, 4) is 11.4 Å². The first-order chi connectivity index (χ1) is 14.4. The van der Waals surface area contributed by atoms with E-state index in [2.05, 4.69) is 30.8 Å². The van der Waals surface area contributed by atoms with E-state index in [0.29, 0.717) is 36.5 Å². The second kappa shape index (κ2) is 7.90. The second-order valence-electron chi connectivity index (χ2n) is 7.01. The normalized spacial score (nSPS) is 17.3. The molecule has 0 radical (unpaired) electrons. The average molecular weight is 419 g/mol. The lowest BCUT2D eigenvalue weighted by Crippen LogP contribution is -2.52. The van der Waals surface area contributed by atoms with Gasteiger partial charge in [0.1, 0.15) is 11.5 Å². The van der Waals surface area contributed by atoms with Gasteiger partial charge in [0.15, 0.2) is 5.65 Å². The molecule has 1 aliphatic rings. The molecule has 0 bridgehead atoms. The first-order valence-corrected chi connectivity index (χ1v) is 9.43. The van der Waals surface area contributed by atoms with Crippen LogP contribution in [-0.4, -0.2) is 58.8 Å². The van der Waals surface area contributed by atoms with Crippen molar-refractivity contribution >= 4 is 22.8 Å². The lowest BCUT2D eigenvalue weighted by molar-refractivity contribution is -0.137. The number of carbonyl (C=O) groups excluding carboxylic acids is 1. The van der Waals surface area contributed by atoms with E-state index in [1.807, 2.05) is 4.90 Å². The van der Waals surface area contributed by atoms with E-state index in [1.165, 1.54) is 12.3 Å². The van der Waals surface area contributed by atoms with Gasteiger partial charge in [0.2, 0.25) is 5.91 Å². The zero-order valence-electron chi connectivity index (χ0n) is 16.1. The predicted molar refractivity (Wildman–Crippen MR) is 105 cm³/mol. The fraction of sp³-hybridized carbons (Fsp3) is 0.368. The number of nitrogens with one attached hydrogen (secondary N) is 3. The van der Waals surface area contributed by atoms with Crippen molar-refractivity contribution in [3.63, 3.8) is 0 Å². The van der Waals surface area contributed by atoms with Crippen LogP contribution in [-0.2, 0) is 11.0 Å². The summed E-state index contributed by atoms with van der Waals surface area (Å²) in [6, 6.07) is 5.57. The molecule has 1 aliphatic heterocycles. The Balaban J connectivity index is 1.73. The maximum Gasteiger partial charge on any atom is 0.418 e. The number of pyridine rings is 2. The quantitative estimate of drug-likeness (QED) is 0.598. The lowest BCUT2D eigenvalue weighted by atomic mass is 10.1. The van der Waals surface area contributed by atoms with Gasteiger partial charge in [-0.25, -0.2) is 9.97 Å². The molecule has 30 heavy (non-hydrogen) atoms. The number of anilines is 1. The van der Waals surface area contributed by atoms with Crippen molar-refractivity contribution in [2.24, 2.45) is 0 Å². The molecular formula is C19H20F3N7O. The number of hydrogen-bond donors (Lipinski definition) is 3. The van der Waals surface area contributed by atoms with Crippen molar-refractivity contribution in [3.05, 3.63) is 36.0 Å². The van der Waals surface area contributed by atoms with Gasteiger partial charge in [-0.3, -0.25) is 9.89 Å². The number of rotatable bonds is 4. The molecule has 3 aromatic rings. The summed E-state index contributed by atoms with van der Waals surface area (Å²) in [6.07, 6.45) is -2.78. The maximum atomic E-state index is 13.7. The molecule has 0 spiro atoms. The van der Waals surface area contributed by atoms with Crippen LogP contribution < -0.4 is 15.5 Å². The molecule has 0 aliphatic carbocycles. The van der Waals surface area contributed by atoms with Crippen LogP contribution in [0, 0.1) is 0 Å².